The molecule has 1 heterocycles. The number of likely N-dealkylation sites (N-methyl/N-ethyl adjacent to an activating group) is 1. The van der Waals surface area contributed by atoms with Crippen LogP contribution in [0.25, 0.3) is 0 Å². The fourth-order valence-corrected chi connectivity index (χ4v) is 10.7. The minimum atomic E-state index is -4.13. The van der Waals surface area contributed by atoms with Crippen molar-refractivity contribution in [2.45, 2.75) is 44.4 Å². The van der Waals surface area contributed by atoms with Gasteiger partial charge in [-0.15, -0.1) is 0 Å². The van der Waals surface area contributed by atoms with Gasteiger partial charge in [-0.05, 0) is 72.2 Å². The van der Waals surface area contributed by atoms with Crippen LogP contribution < -0.4 is 0 Å². The third-order valence-electron chi connectivity index (χ3n) is 6.50. The van der Waals surface area contributed by atoms with Gasteiger partial charge >= 0.3 is 19.5 Å². The van der Waals surface area contributed by atoms with E-state index in [4.69, 9.17) is 9.05 Å². The van der Waals surface area contributed by atoms with Gasteiger partial charge in [0.15, 0.2) is 4.24 Å². The smallest absolute Gasteiger partial charge is 0.364 e. The molecule has 1 aliphatic rings. The van der Waals surface area contributed by atoms with Crippen molar-refractivity contribution >= 4 is 58.2 Å². The van der Waals surface area contributed by atoms with Crippen molar-refractivity contribution in [2.75, 3.05) is 46.3 Å². The van der Waals surface area contributed by atoms with Crippen LogP contribution in [0.5, 0.6) is 0 Å². The summed E-state index contributed by atoms with van der Waals surface area (Å²) in [6, 6.07) is 14.7. The molecule has 3 rings (SSSR count). The molecule has 304 valence electrons. The molecule has 0 spiro atoms. The number of esters is 2. The molecule has 1 aliphatic heterocycles. The molecule has 19 heteroatoms. The van der Waals surface area contributed by atoms with E-state index < -0.39 is 50.6 Å². The van der Waals surface area contributed by atoms with Crippen LogP contribution in [0.4, 0.5) is 0 Å². The molecule has 0 atom stereocenters. The summed E-state index contributed by atoms with van der Waals surface area (Å²) in [7, 11) is -14.3. The van der Waals surface area contributed by atoms with Crippen molar-refractivity contribution in [3.8, 4) is 0 Å². The Morgan fingerprint density at radius 3 is 1.24 bits per heavy atom. The average Bonchev–Trinajstić information content (AvgIpc) is 3.48. The summed E-state index contributed by atoms with van der Waals surface area (Å²) in [6.07, 6.45) is 2.57. The van der Waals surface area contributed by atoms with Crippen LogP contribution in [0.15, 0.2) is 117 Å². The first-order valence-electron chi connectivity index (χ1n) is 16.5. The monoisotopic (exact) mass is 845 g/mol. The minimum Gasteiger partial charge on any atom is -0.462 e. The van der Waals surface area contributed by atoms with Gasteiger partial charge in [-0.1, -0.05) is 56.1 Å². The number of carbonyl (C=O) groups is 4. The maximum absolute atomic E-state index is 12.3. The predicted molar refractivity (Wildman–Crippen MR) is 210 cm³/mol. The Balaban J connectivity index is 0.000000739. The molecule has 55 heavy (non-hydrogen) atoms. The lowest BCUT2D eigenvalue weighted by Crippen LogP contribution is -2.29. The SMILES string of the molecule is C=C(C(=O)OCC)C(=O)OCC.C=C(P(C)(C)=O)P(=O)(OCC)OCC.C=C(S(=O)(=O)c1ccccc1)S(=O)(=O)c1ccccc1.CCN1C(=O)C=CC1=O. The zero-order valence-electron chi connectivity index (χ0n) is 32.0. The van der Waals surface area contributed by atoms with Crippen molar-refractivity contribution in [3.05, 3.63) is 107 Å². The molecule has 0 bridgehead atoms. The number of amides is 2. The summed E-state index contributed by atoms with van der Waals surface area (Å²) in [4.78, 5) is 43.9. The van der Waals surface area contributed by atoms with Crippen LogP contribution in [-0.2, 0) is 66.5 Å². The first-order chi connectivity index (χ1) is 25.5. The van der Waals surface area contributed by atoms with Gasteiger partial charge in [0.05, 0.1) is 41.3 Å². The average molecular weight is 846 g/mol. The number of nitrogens with zero attached hydrogens (tertiary/aromatic N) is 1. The van der Waals surface area contributed by atoms with Crippen LogP contribution in [0.1, 0.15) is 34.6 Å². The number of ether oxygens (including phenoxy) is 2. The number of benzene rings is 2. The first kappa shape index (κ1) is 50.8. The number of rotatable bonds is 15. The van der Waals surface area contributed by atoms with Crippen LogP contribution in [0.2, 0.25) is 0 Å². The van der Waals surface area contributed by atoms with Gasteiger partial charge in [-0.25, -0.2) is 26.4 Å². The standard InChI is InChI=1S/C14H12O4S2.C8H18O4P2.C8H12O4.C6H7NO2/c1-12(19(15,16)13-8-4-2-5-9-13)20(17,18)14-10-6-3-7-11-14;1-6-11-14(10,12-7-2)8(3)13(4,5)9;1-4-11-7(9)6(3)8(10)12-5-2;1-2-7-5(8)3-4-6(7)9/h2-11H,1H2;3,6-7H2,1-2,4-5H3;3-5H2,1-2H3;3-4H,2H2,1H3. The van der Waals surface area contributed by atoms with Gasteiger partial charge in [0.25, 0.3) is 11.8 Å². The largest absolute Gasteiger partial charge is 0.462 e. The highest BCUT2D eigenvalue weighted by Gasteiger charge is 2.35. The van der Waals surface area contributed by atoms with Crippen molar-refractivity contribution < 1.29 is 63.7 Å². The molecule has 0 fully saturated rings. The molecule has 15 nitrogen and oxygen atoms in total. The van der Waals surface area contributed by atoms with Crippen LogP contribution in [0.3, 0.4) is 0 Å². The van der Waals surface area contributed by atoms with Crippen LogP contribution >= 0.6 is 14.7 Å². The minimum absolute atomic E-state index is 0.0914. The maximum atomic E-state index is 12.3. The van der Waals surface area contributed by atoms with Crippen LogP contribution in [0, 0.1) is 0 Å². The van der Waals surface area contributed by atoms with E-state index in [2.05, 4.69) is 29.2 Å². The van der Waals surface area contributed by atoms with E-state index in [0.717, 1.165) is 0 Å². The van der Waals surface area contributed by atoms with E-state index >= 15 is 0 Å². The molecule has 2 aromatic rings. The van der Waals surface area contributed by atoms with Gasteiger partial charge in [-0.2, -0.15) is 0 Å². The molecule has 2 aromatic carbocycles. The lowest BCUT2D eigenvalue weighted by Gasteiger charge is -2.21. The van der Waals surface area contributed by atoms with Gasteiger partial charge in [0, 0.05) is 18.7 Å². The van der Waals surface area contributed by atoms with Gasteiger partial charge in [-0.3, -0.25) is 19.1 Å². The zero-order valence-corrected chi connectivity index (χ0v) is 35.4. The third kappa shape index (κ3) is 15.8. The topological polar surface area (TPSA) is 211 Å². The molecule has 0 saturated carbocycles. The second-order valence-electron chi connectivity index (χ2n) is 10.8. The number of hydrogen-bond donors (Lipinski definition) is 0. The molecule has 0 radical (unpaired) electrons. The summed E-state index contributed by atoms with van der Waals surface area (Å²) in [5.74, 6) is -1.86. The highest BCUT2D eigenvalue weighted by Crippen LogP contribution is 2.69. The second-order valence-corrected chi connectivity index (χ2v) is 20.6. The van der Waals surface area contributed by atoms with Crippen LogP contribution in [-0.4, -0.2) is 91.8 Å². The molecule has 0 N–H and O–H groups in total. The fraction of sp³-hybridized carbons (Fsp3) is 0.333. The summed E-state index contributed by atoms with van der Waals surface area (Å²) in [5.41, 5.74) is -0.265. The Labute approximate surface area is 323 Å². The quantitative estimate of drug-likeness (QED) is 0.0478. The first-order valence-corrected chi connectivity index (χ1v) is 23.6. The molecule has 0 unspecified atom stereocenters. The summed E-state index contributed by atoms with van der Waals surface area (Å²) in [5, 5.41) is 0.0914. The summed E-state index contributed by atoms with van der Waals surface area (Å²) >= 11 is 0. The van der Waals surface area contributed by atoms with E-state index in [1.54, 1.807) is 46.8 Å². The van der Waals surface area contributed by atoms with E-state index in [-0.39, 0.29) is 58.7 Å². The van der Waals surface area contributed by atoms with E-state index in [9.17, 15) is 45.1 Å². The highest BCUT2D eigenvalue weighted by molar-refractivity contribution is 8.14. The Bertz CT molecular complexity index is 1900. The van der Waals surface area contributed by atoms with E-state index in [0.29, 0.717) is 6.54 Å². The number of carbonyl (C=O) groups excluding carboxylic acids is 4. The maximum Gasteiger partial charge on any atom is 0.364 e. The van der Waals surface area contributed by atoms with Gasteiger partial charge < -0.3 is 23.1 Å². The molecule has 0 aromatic heterocycles. The van der Waals surface area contributed by atoms with E-state index in [1.807, 2.05) is 0 Å². The molecule has 2 amide bonds. The normalized spacial score (nSPS) is 12.5. The molecule has 0 aliphatic carbocycles. The van der Waals surface area contributed by atoms with Gasteiger partial charge in [0.1, 0.15) is 12.7 Å². The molecular formula is C36H49NO14P2S2. The van der Waals surface area contributed by atoms with Crippen molar-refractivity contribution in [1.82, 2.24) is 4.90 Å². The Morgan fingerprint density at radius 1 is 0.636 bits per heavy atom. The number of hydrogen-bond acceptors (Lipinski definition) is 14. The molecular weight excluding hydrogens is 796 g/mol. The van der Waals surface area contributed by atoms with Crippen molar-refractivity contribution in [1.29, 1.82) is 0 Å². The predicted octanol–water partition coefficient (Wildman–Crippen LogP) is 6.35. The lowest BCUT2D eigenvalue weighted by molar-refractivity contribution is -0.146. The lowest BCUT2D eigenvalue weighted by atomic mass is 10.3. The number of sulfone groups is 2. The zero-order chi connectivity index (χ0) is 42.6. The second kappa shape index (κ2) is 23.6. The van der Waals surface area contributed by atoms with Crippen molar-refractivity contribution in [2.24, 2.45) is 0 Å². The van der Waals surface area contributed by atoms with Gasteiger partial charge in [0.2, 0.25) is 19.7 Å². The Hall–Kier alpha value is -4.24. The van der Waals surface area contributed by atoms with E-state index in [1.165, 1.54) is 78.9 Å². The highest BCUT2D eigenvalue weighted by atomic mass is 32.3. The summed E-state index contributed by atoms with van der Waals surface area (Å²) in [6.45, 7) is 22.9. The molecule has 0 saturated heterocycles. The number of imide groups is 1. The summed E-state index contributed by atoms with van der Waals surface area (Å²) < 4.78 is 91.1. The third-order valence-corrected chi connectivity index (χ3v) is 16.1. The fourth-order valence-electron chi connectivity index (χ4n) is 3.69. The van der Waals surface area contributed by atoms with Crippen molar-refractivity contribution in [3.63, 3.8) is 0 Å². The Kier molecular flexibility index (Phi) is 21.8. The Morgan fingerprint density at radius 2 is 0.982 bits per heavy atom.